The molecule has 0 saturated carbocycles. The number of nitrogens with zero attached hydrogens (tertiary/aromatic N) is 2. The van der Waals surface area contributed by atoms with E-state index in [2.05, 4.69) is 34.1 Å². The van der Waals surface area contributed by atoms with Crippen LogP contribution < -0.4 is 15.1 Å². The molecule has 0 unspecified atom stereocenters. The van der Waals surface area contributed by atoms with Gasteiger partial charge in [-0.2, -0.15) is 0 Å². The van der Waals surface area contributed by atoms with Crippen molar-refractivity contribution in [3.63, 3.8) is 0 Å². The maximum atomic E-state index is 12.4. The van der Waals surface area contributed by atoms with Gasteiger partial charge in [0.2, 0.25) is 0 Å². The summed E-state index contributed by atoms with van der Waals surface area (Å²) in [4.78, 5) is 17.3. The molecule has 0 radical (unpaired) electrons. The van der Waals surface area contributed by atoms with E-state index >= 15 is 0 Å². The summed E-state index contributed by atoms with van der Waals surface area (Å²) in [6, 6.07) is 14.2. The van der Waals surface area contributed by atoms with Crippen LogP contribution in [0.25, 0.3) is 11.0 Å². The van der Waals surface area contributed by atoms with E-state index in [1.165, 1.54) is 11.1 Å². The molecule has 1 aliphatic heterocycles. The number of methoxy groups -OCH3 is 1. The number of benzene rings is 2. The number of piperazine rings is 1. The fourth-order valence-electron chi connectivity index (χ4n) is 5.01. The van der Waals surface area contributed by atoms with Gasteiger partial charge in [0.1, 0.15) is 23.7 Å². The van der Waals surface area contributed by atoms with Crippen molar-refractivity contribution in [3.05, 3.63) is 69.6 Å². The summed E-state index contributed by atoms with van der Waals surface area (Å²) in [5, 5.41) is 1.06. The van der Waals surface area contributed by atoms with Crippen LogP contribution in [0.4, 0.5) is 0 Å². The third-order valence-corrected chi connectivity index (χ3v) is 6.88. The van der Waals surface area contributed by atoms with E-state index in [0.717, 1.165) is 87.4 Å². The van der Waals surface area contributed by atoms with Crippen LogP contribution in [0.15, 0.2) is 51.7 Å². The van der Waals surface area contributed by atoms with Gasteiger partial charge in [0.15, 0.2) is 0 Å². The number of aryl methyl sites for hydroxylation is 1. The standard InChI is InChI=1S/C27H32N2O4.2ClH/c1-31-21-6-4-5-20(17-21)19-29-13-11-28(12-14-29)15-16-32-22-9-10-24-23-7-2-3-8-25(23)27(30)33-26(24)18-22;;/h4-6,9-10,17-18H,2-3,7-8,11-16,19H2,1H3;2*1H. The van der Waals surface area contributed by atoms with Crippen LogP contribution in [0.1, 0.15) is 29.5 Å². The van der Waals surface area contributed by atoms with Crippen molar-refractivity contribution in [1.82, 2.24) is 9.80 Å². The summed E-state index contributed by atoms with van der Waals surface area (Å²) in [7, 11) is 1.71. The predicted octanol–water partition coefficient (Wildman–Crippen LogP) is 4.72. The van der Waals surface area contributed by atoms with Gasteiger partial charge in [-0.25, -0.2) is 4.79 Å². The normalized spacial score (nSPS) is 16.1. The fraction of sp³-hybridized carbons (Fsp3) is 0.444. The SMILES string of the molecule is COc1cccc(CN2CCN(CCOc3ccc4c5c(c(=O)oc4c3)CCCC5)CC2)c1.Cl.Cl. The van der Waals surface area contributed by atoms with Crippen LogP contribution in [0.5, 0.6) is 11.5 Å². The molecule has 0 N–H and O–H groups in total. The van der Waals surface area contributed by atoms with E-state index in [4.69, 9.17) is 13.9 Å². The highest BCUT2D eigenvalue weighted by Crippen LogP contribution is 2.29. The molecule has 3 aromatic rings. The lowest BCUT2D eigenvalue weighted by Gasteiger charge is -2.34. The minimum absolute atomic E-state index is 0. The molecule has 5 rings (SSSR count). The Morgan fingerprint density at radius 2 is 1.63 bits per heavy atom. The Balaban J connectivity index is 0.00000171. The van der Waals surface area contributed by atoms with Gasteiger partial charge in [-0.1, -0.05) is 12.1 Å². The van der Waals surface area contributed by atoms with Crippen LogP contribution in [0.2, 0.25) is 0 Å². The van der Waals surface area contributed by atoms with E-state index in [9.17, 15) is 4.79 Å². The van der Waals surface area contributed by atoms with Crippen LogP contribution in [-0.2, 0) is 19.4 Å². The number of ether oxygens (including phenoxy) is 2. The number of fused-ring (bicyclic) bond motifs is 3. The molecule has 0 bridgehead atoms. The van der Waals surface area contributed by atoms with Crippen molar-refractivity contribution in [2.24, 2.45) is 0 Å². The average molecular weight is 521 g/mol. The first-order chi connectivity index (χ1) is 16.2. The van der Waals surface area contributed by atoms with E-state index in [1.807, 2.05) is 18.2 Å². The molecule has 2 aromatic carbocycles. The van der Waals surface area contributed by atoms with Crippen LogP contribution in [0.3, 0.4) is 0 Å². The third-order valence-electron chi connectivity index (χ3n) is 6.88. The molecule has 190 valence electrons. The molecule has 1 aromatic heterocycles. The Hall–Kier alpha value is -2.25. The number of hydrogen-bond donors (Lipinski definition) is 0. The van der Waals surface area contributed by atoms with E-state index in [1.54, 1.807) is 7.11 Å². The van der Waals surface area contributed by atoms with Crippen molar-refractivity contribution in [2.45, 2.75) is 32.2 Å². The van der Waals surface area contributed by atoms with Crippen molar-refractivity contribution in [3.8, 4) is 11.5 Å². The molecule has 35 heavy (non-hydrogen) atoms. The monoisotopic (exact) mass is 520 g/mol. The second-order valence-electron chi connectivity index (χ2n) is 9.03. The summed E-state index contributed by atoms with van der Waals surface area (Å²) in [6.07, 6.45) is 4.00. The first-order valence-electron chi connectivity index (χ1n) is 12.0. The van der Waals surface area contributed by atoms with E-state index < -0.39 is 0 Å². The summed E-state index contributed by atoms with van der Waals surface area (Å²) in [6.45, 7) is 6.62. The molecule has 2 heterocycles. The summed E-state index contributed by atoms with van der Waals surface area (Å²) in [5.41, 5.74) is 3.79. The molecule has 1 saturated heterocycles. The van der Waals surface area contributed by atoms with Gasteiger partial charge in [-0.05, 0) is 61.1 Å². The van der Waals surface area contributed by atoms with Gasteiger partial charge in [0.25, 0.3) is 0 Å². The summed E-state index contributed by atoms with van der Waals surface area (Å²) < 4.78 is 17.0. The van der Waals surface area contributed by atoms with Crippen LogP contribution >= 0.6 is 24.8 Å². The molecule has 6 nitrogen and oxygen atoms in total. The highest BCUT2D eigenvalue weighted by atomic mass is 35.5. The number of rotatable bonds is 7. The predicted molar refractivity (Wildman–Crippen MR) is 144 cm³/mol. The molecule has 1 fully saturated rings. The summed E-state index contributed by atoms with van der Waals surface area (Å²) in [5.74, 6) is 1.68. The second-order valence-corrected chi connectivity index (χ2v) is 9.03. The Bertz CT molecular complexity index is 1180. The van der Waals surface area contributed by atoms with Crippen LogP contribution in [0, 0.1) is 0 Å². The quantitative estimate of drug-likeness (QED) is 0.420. The second kappa shape index (κ2) is 12.6. The highest BCUT2D eigenvalue weighted by molar-refractivity contribution is 5.85. The zero-order valence-electron chi connectivity index (χ0n) is 20.2. The van der Waals surface area contributed by atoms with E-state index in [-0.39, 0.29) is 30.4 Å². The molecular weight excluding hydrogens is 487 g/mol. The molecule has 1 aliphatic carbocycles. The van der Waals surface area contributed by atoms with Gasteiger partial charge in [0.05, 0.1) is 7.11 Å². The Morgan fingerprint density at radius 3 is 2.40 bits per heavy atom. The lowest BCUT2D eigenvalue weighted by molar-refractivity contribution is 0.112. The Labute approximate surface area is 219 Å². The molecule has 0 amide bonds. The minimum Gasteiger partial charge on any atom is -0.497 e. The first kappa shape index (κ1) is 27.3. The molecular formula is C27H34Cl2N2O4. The first-order valence-corrected chi connectivity index (χ1v) is 12.0. The largest absolute Gasteiger partial charge is 0.497 e. The zero-order valence-corrected chi connectivity index (χ0v) is 21.8. The van der Waals surface area contributed by atoms with Gasteiger partial charge >= 0.3 is 5.63 Å². The van der Waals surface area contributed by atoms with Gasteiger partial charge in [-0.3, -0.25) is 9.80 Å². The fourth-order valence-corrected chi connectivity index (χ4v) is 5.01. The van der Waals surface area contributed by atoms with Crippen molar-refractivity contribution < 1.29 is 13.9 Å². The third kappa shape index (κ3) is 6.50. The maximum absolute atomic E-state index is 12.4. The summed E-state index contributed by atoms with van der Waals surface area (Å²) >= 11 is 0. The molecule has 2 aliphatic rings. The lowest BCUT2D eigenvalue weighted by atomic mass is 9.91. The zero-order chi connectivity index (χ0) is 22.6. The Morgan fingerprint density at radius 1 is 0.886 bits per heavy atom. The maximum Gasteiger partial charge on any atom is 0.339 e. The molecule has 8 heteroatoms. The highest BCUT2D eigenvalue weighted by Gasteiger charge is 2.19. The molecule has 0 spiro atoms. The van der Waals surface area contributed by atoms with E-state index in [0.29, 0.717) is 12.2 Å². The number of halogens is 2. The van der Waals surface area contributed by atoms with Crippen molar-refractivity contribution >= 4 is 35.8 Å². The minimum atomic E-state index is -0.179. The van der Waals surface area contributed by atoms with Crippen LogP contribution in [-0.4, -0.2) is 56.2 Å². The topological polar surface area (TPSA) is 55.2 Å². The smallest absolute Gasteiger partial charge is 0.339 e. The van der Waals surface area contributed by atoms with Crippen molar-refractivity contribution in [1.29, 1.82) is 0 Å². The molecule has 0 atom stereocenters. The average Bonchev–Trinajstić information content (AvgIpc) is 2.85. The number of hydrogen-bond acceptors (Lipinski definition) is 6. The van der Waals surface area contributed by atoms with Gasteiger partial charge in [-0.15, -0.1) is 24.8 Å². The lowest BCUT2D eigenvalue weighted by Crippen LogP contribution is -2.47. The van der Waals surface area contributed by atoms with Gasteiger partial charge < -0.3 is 13.9 Å². The Kier molecular flexibility index (Phi) is 9.87. The van der Waals surface area contributed by atoms with Crippen molar-refractivity contribution in [2.75, 3.05) is 46.4 Å². The van der Waals surface area contributed by atoms with Gasteiger partial charge in [0, 0.05) is 56.3 Å².